The van der Waals surface area contributed by atoms with E-state index in [0.29, 0.717) is 25.2 Å². The maximum atomic E-state index is 12.3. The van der Waals surface area contributed by atoms with E-state index < -0.39 is 17.8 Å². The molecule has 9 heteroatoms. The van der Waals surface area contributed by atoms with Gasteiger partial charge < -0.3 is 20.4 Å². The fourth-order valence-corrected chi connectivity index (χ4v) is 3.64. The molecule has 4 N–H and O–H groups in total. The van der Waals surface area contributed by atoms with Crippen LogP contribution in [0.25, 0.3) is 10.8 Å². The number of benzene rings is 3. The molecule has 0 heterocycles. The number of rotatable bonds is 14. The summed E-state index contributed by atoms with van der Waals surface area (Å²) in [6, 6.07) is 21.3. The zero-order chi connectivity index (χ0) is 26.5. The summed E-state index contributed by atoms with van der Waals surface area (Å²) < 4.78 is 5.37. The quantitative estimate of drug-likeness (QED) is 0.145. The second-order valence-electron chi connectivity index (χ2n) is 8.45. The Kier molecular flexibility index (Phi) is 10.8. The van der Waals surface area contributed by atoms with Crippen molar-refractivity contribution < 1.29 is 29.4 Å². The van der Waals surface area contributed by atoms with Crippen LogP contribution in [-0.4, -0.2) is 52.9 Å². The molecule has 0 aromatic heterocycles. The number of fused-ring (bicyclic) bond motifs is 1. The van der Waals surface area contributed by atoms with Crippen molar-refractivity contribution in [2.24, 2.45) is 0 Å². The molecular weight excluding hydrogens is 474 g/mol. The van der Waals surface area contributed by atoms with Gasteiger partial charge in [0, 0.05) is 24.6 Å². The second kappa shape index (κ2) is 14.5. The van der Waals surface area contributed by atoms with Crippen LogP contribution < -0.4 is 10.6 Å². The lowest BCUT2D eigenvalue weighted by Gasteiger charge is -2.12. The molecule has 37 heavy (non-hydrogen) atoms. The van der Waals surface area contributed by atoms with Crippen molar-refractivity contribution in [3.63, 3.8) is 0 Å². The number of amides is 1. The molecule has 0 saturated carbocycles. The number of carbonyl (C=O) groups is 3. The lowest BCUT2D eigenvalue weighted by Crippen LogP contribution is -2.27. The predicted octanol–water partition coefficient (Wildman–Crippen LogP) is 4.36. The van der Waals surface area contributed by atoms with E-state index in [1.165, 1.54) is 0 Å². The van der Waals surface area contributed by atoms with Crippen LogP contribution in [0.3, 0.4) is 0 Å². The SMILES string of the molecule is O=C(O)/C=C/C(=O)CN(O)CCCCNCc1ccc(COC(=O)Nc2cccc3ccccc23)cc1. The number of hydrogen-bond donors (Lipinski definition) is 4. The van der Waals surface area contributed by atoms with Crippen LogP contribution >= 0.6 is 0 Å². The van der Waals surface area contributed by atoms with Gasteiger partial charge in [-0.25, -0.2) is 9.59 Å². The number of unbranched alkanes of at least 4 members (excludes halogenated alkanes) is 1. The summed E-state index contributed by atoms with van der Waals surface area (Å²) in [6.45, 7) is 1.65. The molecule has 0 aliphatic heterocycles. The highest BCUT2D eigenvalue weighted by atomic mass is 16.5. The minimum absolute atomic E-state index is 0.163. The van der Waals surface area contributed by atoms with E-state index in [1.54, 1.807) is 0 Å². The minimum atomic E-state index is -1.20. The molecule has 0 bridgehead atoms. The Hall–Kier alpha value is -4.05. The first-order valence-corrected chi connectivity index (χ1v) is 12.0. The number of hydroxylamine groups is 2. The number of nitrogens with one attached hydrogen (secondary N) is 2. The van der Waals surface area contributed by atoms with Crippen molar-refractivity contribution in [3.05, 3.63) is 90.0 Å². The van der Waals surface area contributed by atoms with E-state index in [9.17, 15) is 19.6 Å². The van der Waals surface area contributed by atoms with E-state index in [0.717, 1.165) is 52.1 Å². The lowest BCUT2D eigenvalue weighted by molar-refractivity contribution is -0.134. The molecule has 0 unspecified atom stereocenters. The maximum absolute atomic E-state index is 12.3. The van der Waals surface area contributed by atoms with Crippen LogP contribution in [0.15, 0.2) is 78.9 Å². The van der Waals surface area contributed by atoms with Crippen molar-refractivity contribution in [2.75, 3.05) is 25.0 Å². The van der Waals surface area contributed by atoms with E-state index in [2.05, 4.69) is 10.6 Å². The van der Waals surface area contributed by atoms with Crippen LogP contribution in [0.4, 0.5) is 10.5 Å². The summed E-state index contributed by atoms with van der Waals surface area (Å²) in [4.78, 5) is 34.1. The fourth-order valence-electron chi connectivity index (χ4n) is 3.64. The first kappa shape index (κ1) is 27.5. The Balaban J connectivity index is 1.30. The number of carboxylic acid groups (broad SMARTS) is 1. The summed E-state index contributed by atoms with van der Waals surface area (Å²) in [5.74, 6) is -1.67. The molecule has 194 valence electrons. The number of nitrogens with zero attached hydrogens (tertiary/aromatic N) is 1. The van der Waals surface area contributed by atoms with E-state index in [1.807, 2.05) is 66.7 Å². The number of anilines is 1. The topological polar surface area (TPSA) is 128 Å². The van der Waals surface area contributed by atoms with Gasteiger partial charge in [-0.05, 0) is 48.0 Å². The highest BCUT2D eigenvalue weighted by Gasteiger charge is 2.08. The predicted molar refractivity (Wildman–Crippen MR) is 140 cm³/mol. The second-order valence-corrected chi connectivity index (χ2v) is 8.45. The number of hydrogen-bond acceptors (Lipinski definition) is 7. The molecule has 0 aliphatic carbocycles. The molecule has 0 aliphatic rings. The zero-order valence-corrected chi connectivity index (χ0v) is 20.4. The van der Waals surface area contributed by atoms with Crippen LogP contribution in [0.5, 0.6) is 0 Å². The Morgan fingerprint density at radius 2 is 1.62 bits per heavy atom. The molecule has 0 saturated heterocycles. The average Bonchev–Trinajstić information content (AvgIpc) is 2.89. The third-order valence-corrected chi connectivity index (χ3v) is 5.52. The van der Waals surface area contributed by atoms with E-state index in [4.69, 9.17) is 9.84 Å². The molecule has 3 aromatic carbocycles. The molecule has 0 radical (unpaired) electrons. The smallest absolute Gasteiger partial charge is 0.411 e. The number of ketones is 1. The number of aliphatic carboxylic acids is 1. The van der Waals surface area contributed by atoms with Gasteiger partial charge in [0.15, 0.2) is 5.78 Å². The lowest BCUT2D eigenvalue weighted by atomic mass is 10.1. The van der Waals surface area contributed by atoms with E-state index >= 15 is 0 Å². The standard InChI is InChI=1S/C28H31N3O6/c32-24(14-15-27(33)34)19-31(36)17-4-3-16-29-18-21-10-12-22(13-11-21)20-37-28(35)30-26-9-5-7-23-6-1-2-8-25(23)26/h1-2,5-15,29,36H,3-4,16-20H2,(H,30,35)(H,33,34)/b15-14+. The molecule has 3 rings (SSSR count). The molecule has 0 atom stereocenters. The van der Waals surface area contributed by atoms with Crippen LogP contribution in [0.2, 0.25) is 0 Å². The van der Waals surface area contributed by atoms with Gasteiger partial charge in [0.05, 0.1) is 12.2 Å². The van der Waals surface area contributed by atoms with Crippen LogP contribution in [-0.2, 0) is 27.5 Å². The summed E-state index contributed by atoms with van der Waals surface area (Å²) in [6.07, 6.45) is 2.66. The highest BCUT2D eigenvalue weighted by Crippen LogP contribution is 2.23. The molecule has 0 spiro atoms. The molecule has 0 fully saturated rings. The van der Waals surface area contributed by atoms with Crippen LogP contribution in [0, 0.1) is 0 Å². The fraction of sp³-hybridized carbons (Fsp3) is 0.250. The number of carboxylic acids is 1. The first-order chi connectivity index (χ1) is 17.9. The Morgan fingerprint density at radius 3 is 2.41 bits per heavy atom. The Labute approximate surface area is 215 Å². The zero-order valence-electron chi connectivity index (χ0n) is 20.4. The van der Waals surface area contributed by atoms with E-state index in [-0.39, 0.29) is 13.2 Å². The van der Waals surface area contributed by atoms with Gasteiger partial charge in [0.2, 0.25) is 0 Å². The number of ether oxygens (including phenoxy) is 1. The van der Waals surface area contributed by atoms with Gasteiger partial charge in [0.1, 0.15) is 6.61 Å². The molecule has 9 nitrogen and oxygen atoms in total. The third kappa shape index (κ3) is 9.85. The van der Waals surface area contributed by atoms with Gasteiger partial charge >= 0.3 is 12.1 Å². The minimum Gasteiger partial charge on any atom is -0.478 e. The Bertz CT molecular complexity index is 1220. The van der Waals surface area contributed by atoms with Crippen molar-refractivity contribution in [2.45, 2.75) is 26.0 Å². The van der Waals surface area contributed by atoms with Gasteiger partial charge in [-0.3, -0.25) is 10.1 Å². The summed E-state index contributed by atoms with van der Waals surface area (Å²) in [5.41, 5.74) is 2.67. The summed E-state index contributed by atoms with van der Waals surface area (Å²) in [5, 5.41) is 27.2. The molecule has 1 amide bonds. The van der Waals surface area contributed by atoms with Crippen molar-refractivity contribution in [1.82, 2.24) is 10.4 Å². The molecular formula is C28H31N3O6. The highest BCUT2D eigenvalue weighted by molar-refractivity contribution is 6.00. The van der Waals surface area contributed by atoms with Gasteiger partial charge in [0.25, 0.3) is 0 Å². The first-order valence-electron chi connectivity index (χ1n) is 12.0. The maximum Gasteiger partial charge on any atom is 0.411 e. The largest absolute Gasteiger partial charge is 0.478 e. The van der Waals surface area contributed by atoms with Crippen LogP contribution in [0.1, 0.15) is 24.0 Å². The third-order valence-electron chi connectivity index (χ3n) is 5.52. The van der Waals surface area contributed by atoms with Gasteiger partial charge in [-0.15, -0.1) is 0 Å². The molecule has 3 aromatic rings. The monoisotopic (exact) mass is 505 g/mol. The van der Waals surface area contributed by atoms with Crippen molar-refractivity contribution in [1.29, 1.82) is 0 Å². The number of carbonyl (C=O) groups excluding carboxylic acids is 2. The summed E-state index contributed by atoms with van der Waals surface area (Å²) >= 11 is 0. The van der Waals surface area contributed by atoms with Crippen molar-refractivity contribution >= 4 is 34.3 Å². The summed E-state index contributed by atoms with van der Waals surface area (Å²) in [7, 11) is 0. The normalized spacial score (nSPS) is 11.2. The van der Waals surface area contributed by atoms with Gasteiger partial charge in [-0.1, -0.05) is 60.7 Å². The average molecular weight is 506 g/mol. The van der Waals surface area contributed by atoms with Gasteiger partial charge in [-0.2, -0.15) is 5.06 Å². The van der Waals surface area contributed by atoms with Crippen molar-refractivity contribution in [3.8, 4) is 0 Å². The Morgan fingerprint density at radius 1 is 0.892 bits per heavy atom.